The van der Waals surface area contributed by atoms with Gasteiger partial charge in [-0.2, -0.15) is 0 Å². The van der Waals surface area contributed by atoms with Crippen LogP contribution in [-0.4, -0.2) is 26.2 Å². The molecule has 0 aliphatic rings. The Hall–Kier alpha value is -3.45. The molecule has 1 N–H and O–H groups in total. The third-order valence-electron chi connectivity index (χ3n) is 4.73. The smallest absolute Gasteiger partial charge is 0.266 e. The van der Waals surface area contributed by atoms with Gasteiger partial charge in [-0.05, 0) is 61.4 Å². The van der Waals surface area contributed by atoms with Gasteiger partial charge in [0.1, 0.15) is 0 Å². The maximum Gasteiger partial charge on any atom is 0.266 e. The molecule has 7 heteroatoms. The van der Waals surface area contributed by atoms with Gasteiger partial charge >= 0.3 is 0 Å². The van der Waals surface area contributed by atoms with Gasteiger partial charge < -0.3 is 5.32 Å². The maximum atomic E-state index is 13.3. The summed E-state index contributed by atoms with van der Waals surface area (Å²) >= 11 is 1.25. The number of hydrogen-bond donors (Lipinski definition) is 1. The van der Waals surface area contributed by atoms with Crippen LogP contribution in [0.3, 0.4) is 0 Å². The highest BCUT2D eigenvalue weighted by molar-refractivity contribution is 7.99. The standard InChI is InChI=1S/C24H22N4O2S/c1-16-11-17(2)13-19(12-16)28-23(30)20-8-3-4-9-21(20)27-24(28)31-15-22(29)26-14-18-7-5-6-10-25-18/h3-13H,14-15H2,1-2H3,(H,26,29). The summed E-state index contributed by atoms with van der Waals surface area (Å²) in [6.45, 7) is 4.34. The molecule has 31 heavy (non-hydrogen) atoms. The van der Waals surface area contributed by atoms with Gasteiger partial charge in [-0.1, -0.05) is 36.0 Å². The Morgan fingerprint density at radius 2 is 1.77 bits per heavy atom. The van der Waals surface area contributed by atoms with Crippen LogP contribution in [0.5, 0.6) is 0 Å². The molecule has 2 heterocycles. The van der Waals surface area contributed by atoms with Crippen molar-refractivity contribution in [2.45, 2.75) is 25.5 Å². The van der Waals surface area contributed by atoms with Crippen molar-refractivity contribution in [1.29, 1.82) is 0 Å². The van der Waals surface area contributed by atoms with Crippen molar-refractivity contribution in [3.05, 3.63) is 94.0 Å². The fraction of sp³-hybridized carbons (Fsp3) is 0.167. The SMILES string of the molecule is Cc1cc(C)cc(-n2c(SCC(=O)NCc3ccccn3)nc3ccccc3c2=O)c1. The number of benzene rings is 2. The van der Waals surface area contributed by atoms with Gasteiger partial charge in [-0.25, -0.2) is 4.98 Å². The van der Waals surface area contributed by atoms with E-state index >= 15 is 0 Å². The zero-order valence-corrected chi connectivity index (χ0v) is 18.1. The minimum atomic E-state index is -0.148. The first kappa shape index (κ1) is 20.8. The average molecular weight is 431 g/mol. The lowest BCUT2D eigenvalue weighted by Crippen LogP contribution is -2.26. The lowest BCUT2D eigenvalue weighted by molar-refractivity contribution is -0.118. The summed E-state index contributed by atoms with van der Waals surface area (Å²) in [6.07, 6.45) is 1.69. The topological polar surface area (TPSA) is 76.9 Å². The largest absolute Gasteiger partial charge is 0.350 e. The Labute approximate surface area is 184 Å². The fourth-order valence-electron chi connectivity index (χ4n) is 3.39. The van der Waals surface area contributed by atoms with Crippen LogP contribution >= 0.6 is 11.8 Å². The summed E-state index contributed by atoms with van der Waals surface area (Å²) < 4.78 is 1.60. The van der Waals surface area contributed by atoms with Crippen LogP contribution in [0.4, 0.5) is 0 Å². The summed E-state index contributed by atoms with van der Waals surface area (Å²) in [7, 11) is 0. The van der Waals surface area contributed by atoms with E-state index in [4.69, 9.17) is 4.98 Å². The number of nitrogens with zero attached hydrogens (tertiary/aromatic N) is 3. The van der Waals surface area contributed by atoms with E-state index in [0.717, 1.165) is 22.5 Å². The van der Waals surface area contributed by atoms with Gasteiger partial charge in [0.2, 0.25) is 5.91 Å². The molecule has 0 fully saturated rings. The number of aryl methyl sites for hydroxylation is 2. The highest BCUT2D eigenvalue weighted by Crippen LogP contribution is 2.22. The molecular formula is C24H22N4O2S. The predicted octanol–water partition coefficient (Wildman–Crippen LogP) is 3.81. The van der Waals surface area contributed by atoms with Gasteiger partial charge in [0.05, 0.1) is 34.6 Å². The average Bonchev–Trinajstić information content (AvgIpc) is 2.76. The summed E-state index contributed by atoms with van der Waals surface area (Å²) in [6, 6.07) is 18.8. The molecule has 4 aromatic rings. The minimum absolute atomic E-state index is 0.141. The lowest BCUT2D eigenvalue weighted by Gasteiger charge is -2.14. The molecule has 0 bridgehead atoms. The van der Waals surface area contributed by atoms with Gasteiger partial charge in [-0.3, -0.25) is 19.1 Å². The van der Waals surface area contributed by atoms with Crippen molar-refractivity contribution < 1.29 is 4.79 Å². The minimum Gasteiger partial charge on any atom is -0.350 e. The number of thioether (sulfide) groups is 1. The number of fused-ring (bicyclic) bond motifs is 1. The van der Waals surface area contributed by atoms with Gasteiger partial charge in [0, 0.05) is 6.20 Å². The Morgan fingerprint density at radius 1 is 1.03 bits per heavy atom. The molecule has 0 atom stereocenters. The van der Waals surface area contributed by atoms with Crippen LogP contribution in [0.15, 0.2) is 76.8 Å². The molecular weight excluding hydrogens is 408 g/mol. The van der Waals surface area contributed by atoms with E-state index in [1.165, 1.54) is 11.8 Å². The van der Waals surface area contributed by atoms with E-state index in [9.17, 15) is 9.59 Å². The van der Waals surface area contributed by atoms with E-state index in [-0.39, 0.29) is 17.2 Å². The van der Waals surface area contributed by atoms with Crippen LogP contribution in [0, 0.1) is 13.8 Å². The van der Waals surface area contributed by atoms with Crippen molar-refractivity contribution in [2.75, 3.05) is 5.75 Å². The van der Waals surface area contributed by atoms with Crippen LogP contribution < -0.4 is 10.9 Å². The quantitative estimate of drug-likeness (QED) is 0.372. The number of para-hydroxylation sites is 1. The van der Waals surface area contributed by atoms with Crippen molar-refractivity contribution >= 4 is 28.6 Å². The van der Waals surface area contributed by atoms with Crippen molar-refractivity contribution in [3.63, 3.8) is 0 Å². The molecule has 2 aromatic carbocycles. The first-order valence-corrected chi connectivity index (χ1v) is 10.9. The molecule has 6 nitrogen and oxygen atoms in total. The van der Waals surface area contributed by atoms with Crippen LogP contribution in [0.25, 0.3) is 16.6 Å². The third kappa shape index (κ3) is 4.83. The number of pyridine rings is 1. The first-order valence-electron chi connectivity index (χ1n) is 9.91. The van der Waals surface area contributed by atoms with Gasteiger partial charge in [-0.15, -0.1) is 0 Å². The second-order valence-electron chi connectivity index (χ2n) is 7.28. The summed E-state index contributed by atoms with van der Waals surface area (Å²) in [5.74, 6) is -0.00684. The number of aromatic nitrogens is 3. The molecule has 0 aliphatic heterocycles. The summed E-state index contributed by atoms with van der Waals surface area (Å²) in [5, 5.41) is 3.90. The third-order valence-corrected chi connectivity index (χ3v) is 5.67. The lowest BCUT2D eigenvalue weighted by atomic mass is 10.1. The molecule has 0 saturated heterocycles. The van der Waals surface area contributed by atoms with Gasteiger partial charge in [0.15, 0.2) is 5.16 Å². The maximum absolute atomic E-state index is 13.3. The predicted molar refractivity (Wildman–Crippen MR) is 124 cm³/mol. The van der Waals surface area contributed by atoms with Crippen LogP contribution in [0.1, 0.15) is 16.8 Å². The summed E-state index contributed by atoms with van der Waals surface area (Å²) in [4.78, 5) is 34.6. The number of nitrogens with one attached hydrogen (secondary N) is 1. The number of carbonyl (C=O) groups excluding carboxylic acids is 1. The van der Waals surface area contributed by atoms with Crippen molar-refractivity contribution in [3.8, 4) is 5.69 Å². The van der Waals surface area contributed by atoms with Crippen molar-refractivity contribution in [1.82, 2.24) is 19.9 Å². The highest BCUT2D eigenvalue weighted by atomic mass is 32.2. The normalized spacial score (nSPS) is 10.9. The molecule has 4 rings (SSSR count). The molecule has 0 spiro atoms. The van der Waals surface area contributed by atoms with E-state index in [0.29, 0.717) is 22.6 Å². The molecule has 0 saturated carbocycles. The van der Waals surface area contributed by atoms with Crippen LogP contribution in [-0.2, 0) is 11.3 Å². The zero-order valence-electron chi connectivity index (χ0n) is 17.3. The second kappa shape index (κ2) is 9.14. The van der Waals surface area contributed by atoms with E-state index in [1.807, 2.05) is 62.4 Å². The number of carbonyl (C=O) groups is 1. The molecule has 156 valence electrons. The Morgan fingerprint density at radius 3 is 2.52 bits per heavy atom. The Kier molecular flexibility index (Phi) is 6.13. The summed E-state index contributed by atoms with van der Waals surface area (Å²) in [5.41, 5.74) is 4.11. The fourth-order valence-corrected chi connectivity index (χ4v) is 4.23. The Balaban J connectivity index is 1.64. The molecule has 1 amide bonds. The van der Waals surface area contributed by atoms with Crippen LogP contribution in [0.2, 0.25) is 0 Å². The zero-order chi connectivity index (χ0) is 21.8. The monoisotopic (exact) mass is 430 g/mol. The van der Waals surface area contributed by atoms with E-state index in [2.05, 4.69) is 16.4 Å². The van der Waals surface area contributed by atoms with Crippen molar-refractivity contribution in [2.24, 2.45) is 0 Å². The number of amides is 1. The van der Waals surface area contributed by atoms with Gasteiger partial charge in [0.25, 0.3) is 5.56 Å². The number of hydrogen-bond acceptors (Lipinski definition) is 5. The Bertz CT molecular complexity index is 1280. The highest BCUT2D eigenvalue weighted by Gasteiger charge is 2.15. The molecule has 2 aromatic heterocycles. The molecule has 0 radical (unpaired) electrons. The van der Waals surface area contributed by atoms with E-state index < -0.39 is 0 Å². The first-order chi connectivity index (χ1) is 15.0. The molecule has 0 aliphatic carbocycles. The molecule has 0 unspecified atom stereocenters. The second-order valence-corrected chi connectivity index (χ2v) is 8.23. The van der Waals surface area contributed by atoms with E-state index in [1.54, 1.807) is 16.8 Å². The number of rotatable bonds is 6.